The van der Waals surface area contributed by atoms with Crippen LogP contribution in [-0.2, 0) is 10.0 Å². The van der Waals surface area contributed by atoms with Gasteiger partial charge in [0.2, 0.25) is 10.0 Å². The molecule has 7 heteroatoms. The van der Waals surface area contributed by atoms with Crippen molar-refractivity contribution in [1.82, 2.24) is 9.62 Å². The molecule has 1 heterocycles. The zero-order valence-electron chi connectivity index (χ0n) is 11.6. The van der Waals surface area contributed by atoms with Crippen LogP contribution in [0, 0.1) is 11.6 Å². The molecule has 4 nitrogen and oxygen atoms in total. The van der Waals surface area contributed by atoms with Crippen molar-refractivity contribution in [1.29, 1.82) is 0 Å². The second-order valence-corrected chi connectivity index (χ2v) is 7.42. The summed E-state index contributed by atoms with van der Waals surface area (Å²) in [7, 11) is -3.94. The molecule has 0 amide bonds. The molecule has 0 unspecified atom stereocenters. The third-order valence-corrected chi connectivity index (χ3v) is 5.65. The number of rotatable bonds is 4. The van der Waals surface area contributed by atoms with E-state index < -0.39 is 26.6 Å². The van der Waals surface area contributed by atoms with Gasteiger partial charge in [-0.25, -0.2) is 21.9 Å². The van der Waals surface area contributed by atoms with Crippen molar-refractivity contribution in [2.24, 2.45) is 0 Å². The van der Waals surface area contributed by atoms with Gasteiger partial charge in [0.05, 0.1) is 0 Å². The molecular formula is C14H18F2N2O2S. The van der Waals surface area contributed by atoms with Crippen LogP contribution >= 0.6 is 0 Å². The van der Waals surface area contributed by atoms with Crippen LogP contribution in [0.2, 0.25) is 0 Å². The van der Waals surface area contributed by atoms with Gasteiger partial charge in [0.25, 0.3) is 0 Å². The number of likely N-dealkylation sites (tertiary alicyclic amines) is 1. The Kier molecular flexibility index (Phi) is 3.98. The molecular weight excluding hydrogens is 298 g/mol. The van der Waals surface area contributed by atoms with Crippen LogP contribution in [0.15, 0.2) is 23.1 Å². The molecule has 1 aliphatic carbocycles. The number of sulfonamides is 1. The van der Waals surface area contributed by atoms with Gasteiger partial charge >= 0.3 is 0 Å². The number of nitrogens with one attached hydrogen (secondary N) is 1. The van der Waals surface area contributed by atoms with Gasteiger partial charge in [-0.3, -0.25) is 0 Å². The van der Waals surface area contributed by atoms with Gasteiger partial charge in [-0.15, -0.1) is 0 Å². The summed E-state index contributed by atoms with van der Waals surface area (Å²) in [4.78, 5) is 1.89. The van der Waals surface area contributed by atoms with E-state index in [0.717, 1.165) is 38.1 Å². The molecule has 1 aliphatic heterocycles. The van der Waals surface area contributed by atoms with Crippen molar-refractivity contribution in [2.45, 2.75) is 42.7 Å². The molecule has 0 bridgehead atoms. The van der Waals surface area contributed by atoms with E-state index >= 15 is 0 Å². The SMILES string of the molecule is O=S(=O)(NC1CCN(C2CC2)CC1)c1ccc(F)cc1F. The summed E-state index contributed by atoms with van der Waals surface area (Å²) >= 11 is 0. The molecule has 2 fully saturated rings. The molecule has 21 heavy (non-hydrogen) atoms. The topological polar surface area (TPSA) is 49.4 Å². The molecule has 0 spiro atoms. The molecule has 3 rings (SSSR count). The van der Waals surface area contributed by atoms with Crippen LogP contribution in [0.1, 0.15) is 25.7 Å². The highest BCUT2D eigenvalue weighted by Gasteiger charge is 2.33. The smallest absolute Gasteiger partial charge is 0.243 e. The molecule has 1 saturated carbocycles. The summed E-state index contributed by atoms with van der Waals surface area (Å²) in [5.74, 6) is -1.85. The van der Waals surface area contributed by atoms with Crippen molar-refractivity contribution in [3.05, 3.63) is 29.8 Å². The first-order chi connectivity index (χ1) is 9.95. The van der Waals surface area contributed by atoms with Crippen LogP contribution in [0.25, 0.3) is 0 Å². The maximum Gasteiger partial charge on any atom is 0.243 e. The summed E-state index contributed by atoms with van der Waals surface area (Å²) in [5.41, 5.74) is 0. The first-order valence-corrected chi connectivity index (χ1v) is 8.65. The largest absolute Gasteiger partial charge is 0.300 e. The van der Waals surface area contributed by atoms with Gasteiger partial charge in [-0.05, 0) is 50.9 Å². The van der Waals surface area contributed by atoms with Gasteiger partial charge < -0.3 is 4.90 Å². The highest BCUT2D eigenvalue weighted by atomic mass is 32.2. The van der Waals surface area contributed by atoms with E-state index in [1.165, 1.54) is 12.8 Å². The van der Waals surface area contributed by atoms with E-state index in [9.17, 15) is 17.2 Å². The minimum Gasteiger partial charge on any atom is -0.300 e. The van der Waals surface area contributed by atoms with Crippen LogP contribution in [0.4, 0.5) is 8.78 Å². The molecule has 1 aromatic carbocycles. The molecule has 1 saturated heterocycles. The minimum atomic E-state index is -3.94. The standard InChI is InChI=1S/C14H18F2N2O2S/c15-10-1-4-14(13(16)9-10)21(19,20)17-11-5-7-18(8-6-11)12-2-3-12/h1,4,9,11-12,17H,2-3,5-8H2. The van der Waals surface area contributed by atoms with Crippen LogP contribution < -0.4 is 4.72 Å². The fourth-order valence-corrected chi connectivity index (χ4v) is 4.16. The van der Waals surface area contributed by atoms with Crippen molar-refractivity contribution in [2.75, 3.05) is 13.1 Å². The summed E-state index contributed by atoms with van der Waals surface area (Å²) < 4.78 is 53.3. The Labute approximate surface area is 123 Å². The third kappa shape index (κ3) is 3.41. The Morgan fingerprint density at radius 2 is 1.76 bits per heavy atom. The van der Waals surface area contributed by atoms with Gasteiger partial charge in [0, 0.05) is 18.2 Å². The van der Waals surface area contributed by atoms with Crippen molar-refractivity contribution in [3.8, 4) is 0 Å². The van der Waals surface area contributed by atoms with Crippen LogP contribution in [0.3, 0.4) is 0 Å². The predicted molar refractivity (Wildman–Crippen MR) is 74.3 cm³/mol. The lowest BCUT2D eigenvalue weighted by Crippen LogP contribution is -2.45. The average Bonchev–Trinajstić information content (AvgIpc) is 3.23. The van der Waals surface area contributed by atoms with E-state index in [1.54, 1.807) is 0 Å². The third-order valence-electron chi connectivity index (χ3n) is 4.10. The minimum absolute atomic E-state index is 0.186. The highest BCUT2D eigenvalue weighted by molar-refractivity contribution is 7.89. The number of benzene rings is 1. The number of nitrogens with zero attached hydrogens (tertiary/aromatic N) is 1. The Morgan fingerprint density at radius 1 is 1.10 bits per heavy atom. The first-order valence-electron chi connectivity index (χ1n) is 7.17. The molecule has 2 aliphatic rings. The summed E-state index contributed by atoms with van der Waals surface area (Å²) in [6, 6.07) is 3.00. The van der Waals surface area contributed by atoms with Gasteiger partial charge in [-0.1, -0.05) is 0 Å². The summed E-state index contributed by atoms with van der Waals surface area (Å²) in [6.07, 6.45) is 3.91. The lowest BCUT2D eigenvalue weighted by Gasteiger charge is -2.32. The lowest BCUT2D eigenvalue weighted by molar-refractivity contribution is 0.199. The monoisotopic (exact) mass is 316 g/mol. The first kappa shape index (κ1) is 14.9. The fourth-order valence-electron chi connectivity index (χ4n) is 2.80. The Bertz CT molecular complexity index is 624. The van der Waals surface area contributed by atoms with Gasteiger partial charge in [-0.2, -0.15) is 0 Å². The van der Waals surface area contributed by atoms with E-state index in [4.69, 9.17) is 0 Å². The van der Waals surface area contributed by atoms with Gasteiger partial charge in [0.1, 0.15) is 16.5 Å². The molecule has 1 aromatic rings. The van der Waals surface area contributed by atoms with E-state index in [1.807, 2.05) is 0 Å². The zero-order valence-corrected chi connectivity index (χ0v) is 12.4. The van der Waals surface area contributed by atoms with Crippen LogP contribution in [-0.4, -0.2) is 38.5 Å². The van der Waals surface area contributed by atoms with E-state index in [-0.39, 0.29) is 6.04 Å². The molecule has 1 N–H and O–H groups in total. The maximum atomic E-state index is 13.6. The normalized spacial score (nSPS) is 21.6. The Hall–Kier alpha value is -1.05. The second kappa shape index (κ2) is 5.62. The molecule has 0 atom stereocenters. The van der Waals surface area contributed by atoms with Gasteiger partial charge in [0.15, 0.2) is 0 Å². The van der Waals surface area contributed by atoms with E-state index in [0.29, 0.717) is 12.1 Å². The number of halogens is 2. The summed E-state index contributed by atoms with van der Waals surface area (Å²) in [6.45, 7) is 1.73. The van der Waals surface area contributed by atoms with Crippen LogP contribution in [0.5, 0.6) is 0 Å². The highest BCUT2D eigenvalue weighted by Crippen LogP contribution is 2.29. The maximum absolute atomic E-state index is 13.6. The number of hydrogen-bond acceptors (Lipinski definition) is 3. The van der Waals surface area contributed by atoms with Crippen molar-refractivity contribution < 1.29 is 17.2 Å². The molecule has 0 radical (unpaired) electrons. The molecule has 116 valence electrons. The second-order valence-electron chi connectivity index (χ2n) is 5.74. The van der Waals surface area contributed by atoms with Crippen molar-refractivity contribution in [3.63, 3.8) is 0 Å². The van der Waals surface area contributed by atoms with E-state index in [2.05, 4.69) is 9.62 Å². The zero-order chi connectivity index (χ0) is 15.0. The number of hydrogen-bond donors (Lipinski definition) is 1. The quantitative estimate of drug-likeness (QED) is 0.922. The van der Waals surface area contributed by atoms with Crippen molar-refractivity contribution >= 4 is 10.0 Å². The lowest BCUT2D eigenvalue weighted by atomic mass is 10.1. The average molecular weight is 316 g/mol. The Morgan fingerprint density at radius 3 is 2.33 bits per heavy atom. The predicted octanol–water partition coefficient (Wildman–Crippen LogP) is 1.87. The molecule has 0 aromatic heterocycles. The number of piperidine rings is 1. The fraction of sp³-hybridized carbons (Fsp3) is 0.571. The summed E-state index contributed by atoms with van der Waals surface area (Å²) in [5, 5.41) is 0. The Balaban J connectivity index is 1.66.